The van der Waals surface area contributed by atoms with Gasteiger partial charge >= 0.3 is 88.7 Å². The minimum atomic E-state index is -4.89. The Kier molecular flexibility index (Phi) is 55.2. The molecular formula is CH6Na3O8P. The van der Waals surface area contributed by atoms with Gasteiger partial charge in [0.1, 0.15) is 0 Å². The van der Waals surface area contributed by atoms with E-state index in [0.29, 0.717) is 0 Å². The molecule has 0 rings (SSSR count). The average molecular weight is 246 g/mol. The molecule has 12 heteroatoms. The van der Waals surface area contributed by atoms with Gasteiger partial charge in [0.2, 0.25) is 6.16 Å². The van der Waals surface area contributed by atoms with Crippen molar-refractivity contribution in [3.63, 3.8) is 0 Å². The van der Waals surface area contributed by atoms with Crippen LogP contribution in [0.15, 0.2) is 0 Å². The first-order valence-electron chi connectivity index (χ1n) is 1.40. The van der Waals surface area contributed by atoms with Gasteiger partial charge in [-0.15, -0.1) is 0 Å². The molecule has 0 atom stereocenters. The first-order valence-corrected chi connectivity index (χ1v) is 2.93. The SMILES string of the molecule is O.O=C([O-])O.O=P([O-])(O)O.[H-].[Na+].[Na+].[Na+]. The number of carboxylic acid groups (broad SMARTS) is 2. The molecule has 0 aromatic heterocycles. The fourth-order valence-corrected chi connectivity index (χ4v) is 0. The van der Waals surface area contributed by atoms with E-state index in [2.05, 4.69) is 0 Å². The van der Waals surface area contributed by atoms with Crippen molar-refractivity contribution in [2.45, 2.75) is 0 Å². The van der Waals surface area contributed by atoms with Gasteiger partial charge in [-0.05, 0) is 0 Å². The van der Waals surface area contributed by atoms with Gasteiger partial charge in [-0.25, -0.2) is 0 Å². The third kappa shape index (κ3) is 399. The first kappa shape index (κ1) is 36.2. The van der Waals surface area contributed by atoms with Crippen molar-refractivity contribution in [3.8, 4) is 0 Å². The second-order valence-electron chi connectivity index (χ2n) is 0.756. The van der Waals surface area contributed by atoms with E-state index in [1.807, 2.05) is 0 Å². The smallest absolute Gasteiger partial charge is 1.00 e. The zero-order valence-electron chi connectivity index (χ0n) is 8.42. The Morgan fingerprint density at radius 2 is 1.23 bits per heavy atom. The Bertz CT molecular complexity index is 124. The maximum Gasteiger partial charge on any atom is 1.00 e. The van der Waals surface area contributed by atoms with Crippen LogP contribution >= 0.6 is 7.82 Å². The van der Waals surface area contributed by atoms with Crippen molar-refractivity contribution < 1.29 is 130 Å². The topological polar surface area (TPSA) is 172 Å². The first-order chi connectivity index (χ1) is 3.73. The number of phosphoric acid groups is 1. The quantitative estimate of drug-likeness (QED) is 0.281. The number of hydrogen-bond acceptors (Lipinski definition) is 4. The minimum absolute atomic E-state index is 0. The van der Waals surface area contributed by atoms with E-state index in [0.717, 1.165) is 0 Å². The normalized spacial score (nSPS) is 6.38. The van der Waals surface area contributed by atoms with E-state index in [1.165, 1.54) is 0 Å². The monoisotopic (exact) mass is 246 g/mol. The fourth-order valence-electron chi connectivity index (χ4n) is 0. The molecule has 13 heavy (non-hydrogen) atoms. The third-order valence-corrected chi connectivity index (χ3v) is 0. The van der Waals surface area contributed by atoms with Crippen LogP contribution in [0.1, 0.15) is 1.43 Å². The van der Waals surface area contributed by atoms with Gasteiger partial charge in [0.15, 0.2) is 0 Å². The molecule has 0 saturated heterocycles. The summed E-state index contributed by atoms with van der Waals surface area (Å²) in [7, 11) is -4.89. The van der Waals surface area contributed by atoms with E-state index in [1.54, 1.807) is 0 Å². The summed E-state index contributed by atoms with van der Waals surface area (Å²) in [5.74, 6) is 0. The van der Waals surface area contributed by atoms with E-state index in [9.17, 15) is 0 Å². The molecule has 0 amide bonds. The summed E-state index contributed by atoms with van der Waals surface area (Å²) in [5.41, 5.74) is 0. The van der Waals surface area contributed by atoms with Gasteiger partial charge in [-0.2, -0.15) is 0 Å². The van der Waals surface area contributed by atoms with Crippen molar-refractivity contribution in [1.29, 1.82) is 0 Å². The molecule has 0 fully saturated rings. The molecule has 0 aliphatic heterocycles. The van der Waals surface area contributed by atoms with Gasteiger partial charge in [-0.1, -0.05) is 0 Å². The van der Waals surface area contributed by atoms with Crippen LogP contribution in [0.3, 0.4) is 0 Å². The summed E-state index contributed by atoms with van der Waals surface area (Å²) in [6.45, 7) is 0. The molecule has 0 aromatic carbocycles. The Morgan fingerprint density at radius 1 is 1.23 bits per heavy atom. The van der Waals surface area contributed by atoms with Gasteiger partial charge in [-0.3, -0.25) is 4.57 Å². The molecule has 5 N–H and O–H groups in total. The second-order valence-corrected chi connectivity index (χ2v) is 1.74. The minimum Gasteiger partial charge on any atom is -1.00 e. The molecule has 0 bridgehead atoms. The molecule has 0 heterocycles. The molecule has 66 valence electrons. The molecule has 0 aliphatic carbocycles. The van der Waals surface area contributed by atoms with Crippen molar-refractivity contribution in [2.75, 3.05) is 0 Å². The maximum absolute atomic E-state index is 8.77. The van der Waals surface area contributed by atoms with E-state index in [-0.39, 0.29) is 95.6 Å². The van der Waals surface area contributed by atoms with E-state index < -0.39 is 14.0 Å². The fraction of sp³-hybridized carbons (Fsp3) is 0. The number of rotatable bonds is 0. The summed E-state index contributed by atoms with van der Waals surface area (Å²) in [6.07, 6.45) is -2.08. The number of hydrogen-bond donors (Lipinski definition) is 3. The van der Waals surface area contributed by atoms with Crippen LogP contribution in [0.2, 0.25) is 0 Å². The Balaban J connectivity index is -0.0000000104. The molecule has 0 unspecified atom stereocenters. The third-order valence-electron chi connectivity index (χ3n) is 0. The van der Waals surface area contributed by atoms with Crippen molar-refractivity contribution in [1.82, 2.24) is 0 Å². The van der Waals surface area contributed by atoms with Gasteiger partial charge < -0.3 is 36.6 Å². The Morgan fingerprint density at radius 3 is 1.23 bits per heavy atom. The van der Waals surface area contributed by atoms with E-state index in [4.69, 9.17) is 34.3 Å². The van der Waals surface area contributed by atoms with Crippen molar-refractivity contribution in [2.24, 2.45) is 0 Å². The predicted molar refractivity (Wildman–Crippen MR) is 24.8 cm³/mol. The molecular weight excluding hydrogens is 240 g/mol. The largest absolute Gasteiger partial charge is 1.00 e. The molecule has 8 nitrogen and oxygen atoms in total. The van der Waals surface area contributed by atoms with Crippen LogP contribution in [0.4, 0.5) is 4.79 Å². The summed E-state index contributed by atoms with van der Waals surface area (Å²) in [6, 6.07) is 0. The van der Waals surface area contributed by atoms with Crippen molar-refractivity contribution in [3.05, 3.63) is 0 Å². The zero-order valence-corrected chi connectivity index (χ0v) is 14.3. The summed E-state index contributed by atoms with van der Waals surface area (Å²) in [5, 5.41) is 15.3. The molecule has 0 aliphatic rings. The summed E-state index contributed by atoms with van der Waals surface area (Å²) in [4.78, 5) is 31.4. The van der Waals surface area contributed by atoms with Crippen LogP contribution < -0.4 is 98.7 Å². The standard InChI is InChI=1S/CH2O3.3Na.H3O4P.H2O.H/c2-1(3)4;;;;1-5(2,3)4;;/h(H2,2,3,4);;;;(H3,1,2,3,4);1H2;/q;3*+1;;;-1/p-2. The molecule has 0 saturated carbocycles. The van der Waals surface area contributed by atoms with Gasteiger partial charge in [0.05, 0.1) is 0 Å². The predicted octanol–water partition coefficient (Wildman–Crippen LogP) is -12.4. The van der Waals surface area contributed by atoms with Crippen molar-refractivity contribution >= 4 is 14.0 Å². The zero-order chi connectivity index (χ0) is 8.08. The second kappa shape index (κ2) is 19.8. The average Bonchev–Trinajstić information content (AvgIpc) is 1.19. The summed E-state index contributed by atoms with van der Waals surface area (Å²) < 4.78 is 8.77. The summed E-state index contributed by atoms with van der Waals surface area (Å²) >= 11 is 0. The molecule has 0 radical (unpaired) electrons. The maximum atomic E-state index is 8.77. The van der Waals surface area contributed by atoms with Crippen LogP contribution in [-0.4, -0.2) is 26.5 Å². The van der Waals surface area contributed by atoms with Crippen LogP contribution in [0.5, 0.6) is 0 Å². The molecule has 0 aromatic rings. The Hall–Kier alpha value is 2.34. The van der Waals surface area contributed by atoms with Gasteiger partial charge in [0.25, 0.3) is 7.82 Å². The van der Waals surface area contributed by atoms with E-state index >= 15 is 0 Å². The number of carbonyl (C=O) groups is 1. The molecule has 0 spiro atoms. The van der Waals surface area contributed by atoms with Crippen LogP contribution in [-0.2, 0) is 4.57 Å². The Labute approximate surface area is 142 Å². The van der Waals surface area contributed by atoms with Crippen LogP contribution in [0, 0.1) is 0 Å². The van der Waals surface area contributed by atoms with Crippen LogP contribution in [0.25, 0.3) is 0 Å². The van der Waals surface area contributed by atoms with Gasteiger partial charge in [0, 0.05) is 0 Å².